The monoisotopic (exact) mass is 310 g/mol. The van der Waals surface area contributed by atoms with Crippen LogP contribution in [0.1, 0.15) is 52.9 Å². The van der Waals surface area contributed by atoms with E-state index in [0.717, 1.165) is 18.4 Å². The number of carboxylic acids is 1. The lowest BCUT2D eigenvalue weighted by molar-refractivity contribution is -0.945. The fourth-order valence-corrected chi connectivity index (χ4v) is 4.32. The van der Waals surface area contributed by atoms with Crippen LogP contribution in [-0.4, -0.2) is 37.6 Å². The molecule has 126 valence electrons. The Morgan fingerprint density at radius 2 is 2.05 bits per heavy atom. The zero-order valence-corrected chi connectivity index (χ0v) is 14.1. The van der Waals surface area contributed by atoms with Gasteiger partial charge < -0.3 is 20.1 Å². The molecule has 2 N–H and O–H groups in total. The number of amides is 1. The molecule has 3 heterocycles. The van der Waals surface area contributed by atoms with Gasteiger partial charge in [0.05, 0.1) is 19.6 Å². The highest BCUT2D eigenvalue weighted by molar-refractivity contribution is 5.77. The van der Waals surface area contributed by atoms with E-state index >= 15 is 0 Å². The van der Waals surface area contributed by atoms with Crippen molar-refractivity contribution < 1.29 is 19.6 Å². The predicted molar refractivity (Wildman–Crippen MR) is 82.0 cm³/mol. The number of carbonyl (C=O) groups is 2. The number of carboxylic acid groups (broad SMARTS) is 1. The number of nitrogens with one attached hydrogen (secondary N) is 2. The van der Waals surface area contributed by atoms with Gasteiger partial charge in [0.2, 0.25) is 5.91 Å². The molecule has 5 heteroatoms. The first-order valence-corrected chi connectivity index (χ1v) is 8.62. The fraction of sp³-hybridized carbons (Fsp3) is 0.882. The Morgan fingerprint density at radius 1 is 1.32 bits per heavy atom. The van der Waals surface area contributed by atoms with E-state index in [-0.39, 0.29) is 18.7 Å². The molecule has 3 saturated heterocycles. The second-order valence-corrected chi connectivity index (χ2v) is 7.96. The maximum atomic E-state index is 12.1. The molecule has 0 aliphatic carbocycles. The van der Waals surface area contributed by atoms with Crippen LogP contribution in [0.25, 0.3) is 0 Å². The van der Waals surface area contributed by atoms with E-state index in [1.165, 1.54) is 32.4 Å². The van der Waals surface area contributed by atoms with Gasteiger partial charge in [0, 0.05) is 31.1 Å². The number of aliphatic carboxylic acids is 1. The number of hydrogen-bond acceptors (Lipinski definition) is 3. The minimum absolute atomic E-state index is 0.0414. The lowest BCUT2D eigenvalue weighted by Crippen LogP contribution is -3.20. The molecule has 0 aromatic rings. The number of quaternary nitrogens is 1. The van der Waals surface area contributed by atoms with Crippen molar-refractivity contribution in [2.24, 2.45) is 17.3 Å². The maximum Gasteiger partial charge on any atom is 0.220 e. The molecule has 1 amide bonds. The van der Waals surface area contributed by atoms with Gasteiger partial charge in [-0.3, -0.25) is 4.79 Å². The second-order valence-electron chi connectivity index (χ2n) is 7.96. The summed E-state index contributed by atoms with van der Waals surface area (Å²) in [5.74, 6) is 0.556. The van der Waals surface area contributed by atoms with E-state index in [1.807, 2.05) is 0 Å². The van der Waals surface area contributed by atoms with Crippen LogP contribution in [0.15, 0.2) is 0 Å². The highest BCUT2D eigenvalue weighted by Crippen LogP contribution is 2.29. The average Bonchev–Trinajstić information content (AvgIpc) is 2.43. The summed E-state index contributed by atoms with van der Waals surface area (Å²) in [6.45, 7) is 9.08. The van der Waals surface area contributed by atoms with Crippen molar-refractivity contribution in [3.05, 3.63) is 0 Å². The first kappa shape index (κ1) is 17.3. The zero-order chi connectivity index (χ0) is 16.3. The highest BCUT2D eigenvalue weighted by Gasteiger charge is 2.42. The Kier molecular flexibility index (Phi) is 5.48. The Morgan fingerprint density at radius 3 is 2.59 bits per heavy atom. The molecule has 4 atom stereocenters. The van der Waals surface area contributed by atoms with Crippen LogP contribution in [0.2, 0.25) is 0 Å². The van der Waals surface area contributed by atoms with Gasteiger partial charge in [-0.1, -0.05) is 20.8 Å². The number of piperidine rings is 3. The van der Waals surface area contributed by atoms with Gasteiger partial charge >= 0.3 is 0 Å². The third kappa shape index (κ3) is 4.45. The van der Waals surface area contributed by atoms with E-state index in [2.05, 4.69) is 12.2 Å². The normalized spacial score (nSPS) is 31.0. The molecule has 0 radical (unpaired) electrons. The summed E-state index contributed by atoms with van der Waals surface area (Å²) in [6, 6.07) is 0.537. The quantitative estimate of drug-likeness (QED) is 0.657. The van der Waals surface area contributed by atoms with Crippen molar-refractivity contribution in [1.82, 2.24) is 5.32 Å². The Bertz CT molecular complexity index is 422. The summed E-state index contributed by atoms with van der Waals surface area (Å²) < 4.78 is 0. The van der Waals surface area contributed by atoms with E-state index in [0.29, 0.717) is 6.04 Å². The van der Waals surface area contributed by atoms with Crippen LogP contribution in [0, 0.1) is 17.3 Å². The van der Waals surface area contributed by atoms with Crippen molar-refractivity contribution >= 4 is 11.9 Å². The smallest absolute Gasteiger partial charge is 0.220 e. The summed E-state index contributed by atoms with van der Waals surface area (Å²) in [5, 5.41) is 13.7. The van der Waals surface area contributed by atoms with Crippen molar-refractivity contribution in [2.75, 3.05) is 19.6 Å². The van der Waals surface area contributed by atoms with Crippen LogP contribution >= 0.6 is 0 Å². The van der Waals surface area contributed by atoms with Crippen LogP contribution < -0.4 is 15.3 Å². The number of hydrogen-bond donors (Lipinski definition) is 2. The van der Waals surface area contributed by atoms with Gasteiger partial charge in [-0.15, -0.1) is 0 Å². The Labute approximate surface area is 133 Å². The second kappa shape index (κ2) is 6.99. The third-order valence-corrected chi connectivity index (χ3v) is 5.52. The minimum Gasteiger partial charge on any atom is -0.550 e. The molecular weight excluding hydrogens is 280 g/mol. The molecule has 0 spiro atoms. The topological polar surface area (TPSA) is 73.7 Å². The van der Waals surface area contributed by atoms with E-state index in [9.17, 15) is 14.7 Å². The molecule has 5 nitrogen and oxygen atoms in total. The van der Waals surface area contributed by atoms with Crippen molar-refractivity contribution in [3.63, 3.8) is 0 Å². The molecular formula is C17H30N2O3. The molecule has 3 aliphatic rings. The molecule has 3 aliphatic heterocycles. The van der Waals surface area contributed by atoms with Gasteiger partial charge in [-0.2, -0.15) is 0 Å². The van der Waals surface area contributed by atoms with Crippen LogP contribution in [0.5, 0.6) is 0 Å². The van der Waals surface area contributed by atoms with Gasteiger partial charge in [0.25, 0.3) is 0 Å². The SMILES string of the molecule is CC[C@H]1C[NH+]2CC[C@@H]1C[C@@H]2CNC(=O)CC(C)(C)CC(=O)[O-]. The Balaban J connectivity index is 1.77. The molecule has 0 aromatic heterocycles. The number of carbonyl (C=O) groups excluding carboxylic acids is 2. The van der Waals surface area contributed by atoms with Crippen molar-refractivity contribution in [1.29, 1.82) is 0 Å². The molecule has 22 heavy (non-hydrogen) atoms. The maximum absolute atomic E-state index is 12.1. The molecule has 0 aromatic carbocycles. The van der Waals surface area contributed by atoms with Gasteiger partial charge in [0.1, 0.15) is 6.04 Å². The highest BCUT2D eigenvalue weighted by atomic mass is 16.4. The first-order chi connectivity index (χ1) is 10.3. The Hall–Kier alpha value is -1.10. The lowest BCUT2D eigenvalue weighted by Gasteiger charge is -2.46. The van der Waals surface area contributed by atoms with E-state index in [4.69, 9.17) is 0 Å². The predicted octanol–water partition coefficient (Wildman–Crippen LogP) is -0.638. The van der Waals surface area contributed by atoms with E-state index < -0.39 is 11.4 Å². The van der Waals surface area contributed by atoms with Crippen LogP contribution in [0.4, 0.5) is 0 Å². The van der Waals surface area contributed by atoms with Crippen LogP contribution in [-0.2, 0) is 9.59 Å². The summed E-state index contributed by atoms with van der Waals surface area (Å²) in [7, 11) is 0. The first-order valence-electron chi connectivity index (χ1n) is 8.62. The van der Waals surface area contributed by atoms with Crippen molar-refractivity contribution in [2.45, 2.75) is 58.9 Å². The molecule has 3 rings (SSSR count). The number of rotatable bonds is 7. The van der Waals surface area contributed by atoms with Gasteiger partial charge in [-0.05, 0) is 24.2 Å². The number of fused-ring (bicyclic) bond motifs is 3. The summed E-state index contributed by atoms with van der Waals surface area (Å²) in [4.78, 5) is 24.4. The van der Waals surface area contributed by atoms with Gasteiger partial charge in [0.15, 0.2) is 0 Å². The van der Waals surface area contributed by atoms with E-state index in [1.54, 1.807) is 18.7 Å². The summed E-state index contributed by atoms with van der Waals surface area (Å²) >= 11 is 0. The average molecular weight is 310 g/mol. The van der Waals surface area contributed by atoms with Crippen LogP contribution in [0.3, 0.4) is 0 Å². The zero-order valence-electron chi connectivity index (χ0n) is 14.1. The summed E-state index contributed by atoms with van der Waals surface area (Å²) in [5.41, 5.74) is -0.547. The van der Waals surface area contributed by atoms with Crippen molar-refractivity contribution in [3.8, 4) is 0 Å². The molecule has 0 saturated carbocycles. The molecule has 3 fully saturated rings. The fourth-order valence-electron chi connectivity index (χ4n) is 4.32. The minimum atomic E-state index is -1.09. The third-order valence-electron chi connectivity index (χ3n) is 5.52. The van der Waals surface area contributed by atoms with Gasteiger partial charge in [-0.25, -0.2) is 0 Å². The molecule has 1 unspecified atom stereocenters. The standard InChI is InChI=1S/C17H30N2O3/c1-4-12-11-19-6-5-13(12)7-14(19)10-18-15(20)8-17(2,3)9-16(21)22/h12-14H,4-11H2,1-3H3,(H,18,20)(H,21,22)/t12-,13+,14+/m0/s1. The lowest BCUT2D eigenvalue weighted by atomic mass is 9.74. The molecule has 2 bridgehead atoms. The summed E-state index contributed by atoms with van der Waals surface area (Å²) in [6.07, 6.45) is 3.98. The largest absolute Gasteiger partial charge is 0.550 e.